The normalized spacial score (nSPS) is 23.8. The van der Waals surface area contributed by atoms with Crippen molar-refractivity contribution in [2.24, 2.45) is 0 Å². The average molecular weight is 576 g/mol. The highest BCUT2D eigenvalue weighted by molar-refractivity contribution is 6.31. The fourth-order valence-corrected chi connectivity index (χ4v) is 7.27. The third-order valence-corrected chi connectivity index (χ3v) is 9.83. The summed E-state index contributed by atoms with van der Waals surface area (Å²) in [5.74, 6) is -2.41. The number of rotatable bonds is 7. The second-order valence-electron chi connectivity index (χ2n) is 12.0. The highest BCUT2D eigenvalue weighted by Gasteiger charge is 2.38. The number of likely N-dealkylation sites (tertiary alicyclic amines) is 3. The Hall–Kier alpha value is -2.09. The highest BCUT2D eigenvalue weighted by Crippen LogP contribution is 2.38. The zero-order valence-electron chi connectivity index (χ0n) is 23.3. The van der Waals surface area contributed by atoms with E-state index in [1.165, 1.54) is 56.6 Å². The fraction of sp³-hybridized carbons (Fsp3) is 0.594. The van der Waals surface area contributed by atoms with Crippen molar-refractivity contribution in [3.8, 4) is 0 Å². The predicted octanol–water partition coefficient (Wildman–Crippen LogP) is 6.59. The molecule has 0 radical (unpaired) electrons. The SMILES string of the molecule is O=C(Cc1c(F)cccc1Cl)N1CCCC[C@](CCN2CCC(N3CCCCC3)CC2)(c2ccc(F)c(F)c2)C1. The van der Waals surface area contributed by atoms with Crippen molar-refractivity contribution in [3.63, 3.8) is 0 Å². The molecule has 3 aliphatic heterocycles. The standard InChI is InChI=1S/C32H41ClF3N3O/c33-27-7-6-8-28(34)26(27)22-31(40)39-17-5-2-13-32(23-39,24-9-10-29(35)30(36)21-24)14-20-37-18-11-25(12-19-37)38-15-3-1-4-16-38/h6-10,21,25H,1-5,11-20,22-23H2/t32-/m1/s1. The van der Waals surface area contributed by atoms with E-state index in [0.29, 0.717) is 19.1 Å². The van der Waals surface area contributed by atoms with Gasteiger partial charge in [0.2, 0.25) is 5.91 Å². The summed E-state index contributed by atoms with van der Waals surface area (Å²) in [5, 5.41) is 0.239. The van der Waals surface area contributed by atoms with Crippen LogP contribution in [-0.4, -0.2) is 72.5 Å². The van der Waals surface area contributed by atoms with Crippen LogP contribution in [0.15, 0.2) is 36.4 Å². The summed E-state index contributed by atoms with van der Waals surface area (Å²) < 4.78 is 43.0. The van der Waals surface area contributed by atoms with Crippen LogP contribution in [0.3, 0.4) is 0 Å². The quantitative estimate of drug-likeness (QED) is 0.373. The first-order valence-corrected chi connectivity index (χ1v) is 15.3. The van der Waals surface area contributed by atoms with Crippen molar-refractivity contribution in [2.45, 2.75) is 75.7 Å². The average Bonchev–Trinajstić information content (AvgIpc) is 3.20. The molecule has 40 heavy (non-hydrogen) atoms. The molecule has 218 valence electrons. The molecule has 2 aromatic rings. The molecule has 0 aromatic heterocycles. The summed E-state index contributed by atoms with van der Waals surface area (Å²) in [5.41, 5.74) is 0.426. The van der Waals surface area contributed by atoms with Crippen LogP contribution in [0.2, 0.25) is 5.02 Å². The maximum absolute atomic E-state index is 14.5. The van der Waals surface area contributed by atoms with Gasteiger partial charge >= 0.3 is 0 Å². The summed E-state index contributed by atoms with van der Waals surface area (Å²) in [4.78, 5) is 20.5. The van der Waals surface area contributed by atoms with Gasteiger partial charge in [0.05, 0.1) is 6.42 Å². The molecule has 0 unspecified atom stereocenters. The maximum atomic E-state index is 14.5. The van der Waals surface area contributed by atoms with Crippen LogP contribution in [0, 0.1) is 17.5 Å². The summed E-state index contributed by atoms with van der Waals surface area (Å²) in [6.07, 6.45) is 9.35. The van der Waals surface area contributed by atoms with Crippen molar-refractivity contribution in [1.29, 1.82) is 0 Å². The Morgan fingerprint density at radius 1 is 0.875 bits per heavy atom. The molecule has 3 heterocycles. The van der Waals surface area contributed by atoms with Gasteiger partial charge in [-0.05, 0) is 107 Å². The molecule has 3 aliphatic rings. The molecule has 5 rings (SSSR count). The van der Waals surface area contributed by atoms with Crippen LogP contribution in [-0.2, 0) is 16.6 Å². The minimum absolute atomic E-state index is 0.122. The van der Waals surface area contributed by atoms with Gasteiger partial charge in [0, 0.05) is 35.1 Å². The van der Waals surface area contributed by atoms with Crippen molar-refractivity contribution < 1.29 is 18.0 Å². The fourth-order valence-electron chi connectivity index (χ4n) is 7.04. The lowest BCUT2D eigenvalue weighted by Crippen LogP contribution is -2.48. The number of carbonyl (C=O) groups is 1. The first-order valence-electron chi connectivity index (χ1n) is 15.0. The van der Waals surface area contributed by atoms with Crippen molar-refractivity contribution in [2.75, 3.05) is 45.8 Å². The number of carbonyl (C=O) groups excluding carboxylic acids is 1. The third-order valence-electron chi connectivity index (χ3n) is 9.47. The van der Waals surface area contributed by atoms with Crippen molar-refractivity contribution >= 4 is 17.5 Å². The Kier molecular flexibility index (Phi) is 9.75. The second-order valence-corrected chi connectivity index (χ2v) is 12.4. The Balaban J connectivity index is 1.32. The summed E-state index contributed by atoms with van der Waals surface area (Å²) >= 11 is 6.23. The number of benzene rings is 2. The molecule has 0 spiro atoms. The van der Waals surface area contributed by atoms with Crippen molar-refractivity contribution in [3.05, 3.63) is 70.0 Å². The van der Waals surface area contributed by atoms with E-state index in [2.05, 4.69) is 9.80 Å². The van der Waals surface area contributed by atoms with E-state index in [1.807, 2.05) is 0 Å². The van der Waals surface area contributed by atoms with Crippen LogP contribution >= 0.6 is 11.6 Å². The second kappa shape index (κ2) is 13.3. The minimum Gasteiger partial charge on any atom is -0.342 e. The largest absolute Gasteiger partial charge is 0.342 e. The summed E-state index contributed by atoms with van der Waals surface area (Å²) in [7, 11) is 0. The van der Waals surface area contributed by atoms with E-state index in [9.17, 15) is 18.0 Å². The van der Waals surface area contributed by atoms with Gasteiger partial charge in [0.15, 0.2) is 11.6 Å². The lowest BCUT2D eigenvalue weighted by atomic mass is 9.73. The van der Waals surface area contributed by atoms with Crippen LogP contribution in [0.5, 0.6) is 0 Å². The smallest absolute Gasteiger partial charge is 0.227 e. The maximum Gasteiger partial charge on any atom is 0.227 e. The van der Waals surface area contributed by atoms with E-state index >= 15 is 0 Å². The van der Waals surface area contributed by atoms with E-state index in [0.717, 1.165) is 63.7 Å². The zero-order chi connectivity index (χ0) is 28.1. The summed E-state index contributed by atoms with van der Waals surface area (Å²) in [6.45, 7) is 6.28. The van der Waals surface area contributed by atoms with E-state index in [-0.39, 0.29) is 22.9 Å². The first kappa shape index (κ1) is 29.4. The van der Waals surface area contributed by atoms with Gasteiger partial charge in [-0.3, -0.25) is 4.79 Å². The number of nitrogens with zero attached hydrogens (tertiary/aromatic N) is 3. The first-order chi connectivity index (χ1) is 19.3. The molecule has 1 atom stereocenters. The van der Waals surface area contributed by atoms with Crippen LogP contribution in [0.1, 0.15) is 68.9 Å². The molecule has 0 N–H and O–H groups in total. The molecule has 0 saturated carbocycles. The van der Waals surface area contributed by atoms with E-state index in [1.54, 1.807) is 17.0 Å². The Labute approximate surface area is 241 Å². The van der Waals surface area contributed by atoms with Gasteiger partial charge < -0.3 is 14.7 Å². The number of piperidine rings is 2. The zero-order valence-corrected chi connectivity index (χ0v) is 24.1. The molecule has 2 aromatic carbocycles. The number of halogens is 4. The monoisotopic (exact) mass is 575 g/mol. The lowest BCUT2D eigenvalue weighted by Gasteiger charge is -2.42. The van der Waals surface area contributed by atoms with E-state index < -0.39 is 22.9 Å². The van der Waals surface area contributed by atoms with Gasteiger partial charge in [-0.15, -0.1) is 0 Å². The van der Waals surface area contributed by atoms with Gasteiger partial charge in [0.1, 0.15) is 5.82 Å². The number of hydrogen-bond donors (Lipinski definition) is 0. The van der Waals surface area contributed by atoms with Crippen LogP contribution in [0.25, 0.3) is 0 Å². The number of amides is 1. The minimum atomic E-state index is -0.866. The molecule has 8 heteroatoms. The molecule has 1 amide bonds. The molecule has 3 fully saturated rings. The van der Waals surface area contributed by atoms with E-state index in [4.69, 9.17) is 11.6 Å². The molecule has 0 aliphatic carbocycles. The van der Waals surface area contributed by atoms with Gasteiger partial charge in [-0.1, -0.05) is 36.6 Å². The van der Waals surface area contributed by atoms with Crippen molar-refractivity contribution in [1.82, 2.24) is 14.7 Å². The Morgan fingerprint density at radius 2 is 1.62 bits per heavy atom. The molecule has 0 bridgehead atoms. The molecular formula is C32H41ClF3N3O. The van der Waals surface area contributed by atoms with Crippen LogP contribution < -0.4 is 0 Å². The summed E-state index contributed by atoms with van der Waals surface area (Å²) in [6, 6.07) is 9.30. The van der Waals surface area contributed by atoms with Gasteiger partial charge in [-0.25, -0.2) is 13.2 Å². The topological polar surface area (TPSA) is 26.8 Å². The molecule has 3 saturated heterocycles. The highest BCUT2D eigenvalue weighted by atomic mass is 35.5. The third kappa shape index (κ3) is 6.85. The predicted molar refractivity (Wildman–Crippen MR) is 153 cm³/mol. The molecular weight excluding hydrogens is 535 g/mol. The Bertz CT molecular complexity index is 1150. The molecule has 4 nitrogen and oxygen atoms in total. The van der Waals surface area contributed by atoms with Gasteiger partial charge in [-0.2, -0.15) is 0 Å². The lowest BCUT2D eigenvalue weighted by molar-refractivity contribution is -0.131. The Morgan fingerprint density at radius 3 is 2.35 bits per heavy atom. The van der Waals surface area contributed by atoms with Crippen LogP contribution in [0.4, 0.5) is 13.2 Å². The van der Waals surface area contributed by atoms with Gasteiger partial charge in [0.25, 0.3) is 0 Å². The number of hydrogen-bond acceptors (Lipinski definition) is 3.